The third-order valence-electron chi connectivity index (χ3n) is 3.02. The molecule has 1 aromatic carbocycles. The van der Waals surface area contributed by atoms with Crippen LogP contribution in [0.15, 0.2) is 30.3 Å². The van der Waals surface area contributed by atoms with Gasteiger partial charge in [0.05, 0.1) is 0 Å². The normalized spacial score (nSPS) is 13.8. The number of hydrogen-bond donors (Lipinski definition) is 2. The molecule has 3 N–H and O–H groups in total. The Hall–Kier alpha value is -1.88. The van der Waals surface area contributed by atoms with Gasteiger partial charge in [0.2, 0.25) is 5.91 Å². The summed E-state index contributed by atoms with van der Waals surface area (Å²) in [4.78, 5) is 24.8. The van der Waals surface area contributed by atoms with Gasteiger partial charge in [-0.25, -0.2) is 0 Å². The second kappa shape index (κ2) is 6.52. The van der Waals surface area contributed by atoms with Crippen molar-refractivity contribution in [2.24, 2.45) is 11.7 Å². The summed E-state index contributed by atoms with van der Waals surface area (Å²) >= 11 is 0. The molecule has 0 aliphatic carbocycles. The zero-order valence-corrected chi connectivity index (χ0v) is 12.2. The van der Waals surface area contributed by atoms with Crippen molar-refractivity contribution in [1.29, 1.82) is 0 Å². The molecule has 0 aromatic heterocycles. The van der Waals surface area contributed by atoms with Crippen molar-refractivity contribution >= 4 is 11.9 Å². The molecule has 0 bridgehead atoms. The molecule has 1 aromatic rings. The molecule has 0 saturated carbocycles. The molecule has 0 fully saturated rings. The van der Waals surface area contributed by atoms with Gasteiger partial charge in [0.15, 0.2) is 0 Å². The lowest BCUT2D eigenvalue weighted by atomic mass is 9.91. The fourth-order valence-corrected chi connectivity index (χ4v) is 2.06. The zero-order valence-electron chi connectivity index (χ0n) is 12.2. The number of carbonyl (C=O) groups is 2. The number of carboxylic acid groups (broad SMARTS) is 1. The van der Waals surface area contributed by atoms with E-state index in [0.717, 1.165) is 0 Å². The smallest absolute Gasteiger partial charge is 0.323 e. The van der Waals surface area contributed by atoms with E-state index in [2.05, 4.69) is 0 Å². The average molecular weight is 278 g/mol. The van der Waals surface area contributed by atoms with E-state index in [-0.39, 0.29) is 18.4 Å². The van der Waals surface area contributed by atoms with Crippen LogP contribution in [0, 0.1) is 5.92 Å². The van der Waals surface area contributed by atoms with E-state index in [1.165, 1.54) is 4.90 Å². The molecule has 20 heavy (non-hydrogen) atoms. The van der Waals surface area contributed by atoms with Crippen LogP contribution in [0.3, 0.4) is 0 Å². The number of hydrogen-bond acceptors (Lipinski definition) is 3. The largest absolute Gasteiger partial charge is 0.480 e. The molecular formula is C15H22N2O3. The van der Waals surface area contributed by atoms with Crippen LogP contribution in [-0.2, 0) is 15.1 Å². The van der Waals surface area contributed by atoms with E-state index < -0.39 is 11.5 Å². The summed E-state index contributed by atoms with van der Waals surface area (Å²) in [5, 5.41) is 8.95. The number of amides is 1. The Morgan fingerprint density at radius 1 is 1.30 bits per heavy atom. The highest BCUT2D eigenvalue weighted by Crippen LogP contribution is 2.20. The van der Waals surface area contributed by atoms with Crippen LogP contribution >= 0.6 is 0 Å². The van der Waals surface area contributed by atoms with Crippen LogP contribution in [0.5, 0.6) is 0 Å². The maximum absolute atomic E-state index is 12.6. The molecule has 0 radical (unpaired) electrons. The number of carboxylic acids is 1. The van der Waals surface area contributed by atoms with Crippen LogP contribution in [0.2, 0.25) is 0 Å². The van der Waals surface area contributed by atoms with E-state index in [1.54, 1.807) is 31.2 Å². The molecule has 1 atom stereocenters. The zero-order chi connectivity index (χ0) is 15.3. The monoisotopic (exact) mass is 278 g/mol. The average Bonchev–Trinajstić information content (AvgIpc) is 2.37. The van der Waals surface area contributed by atoms with Crippen LogP contribution in [-0.4, -0.2) is 35.0 Å². The van der Waals surface area contributed by atoms with Gasteiger partial charge in [0, 0.05) is 6.54 Å². The van der Waals surface area contributed by atoms with Crippen molar-refractivity contribution in [3.8, 4) is 0 Å². The molecule has 1 rings (SSSR count). The van der Waals surface area contributed by atoms with Gasteiger partial charge in [-0.1, -0.05) is 44.2 Å². The maximum Gasteiger partial charge on any atom is 0.323 e. The molecule has 0 aliphatic rings. The molecule has 1 unspecified atom stereocenters. The third-order valence-corrected chi connectivity index (χ3v) is 3.02. The van der Waals surface area contributed by atoms with Gasteiger partial charge in [0.1, 0.15) is 12.1 Å². The lowest BCUT2D eigenvalue weighted by Crippen LogP contribution is -2.53. The van der Waals surface area contributed by atoms with Crippen LogP contribution in [0.1, 0.15) is 26.3 Å². The minimum Gasteiger partial charge on any atom is -0.480 e. The molecule has 0 heterocycles. The molecule has 5 nitrogen and oxygen atoms in total. The number of carbonyl (C=O) groups excluding carboxylic acids is 1. The minimum atomic E-state index is -1.23. The number of benzene rings is 1. The van der Waals surface area contributed by atoms with E-state index in [0.29, 0.717) is 12.1 Å². The number of aliphatic carboxylic acids is 1. The molecule has 110 valence electrons. The second-order valence-electron chi connectivity index (χ2n) is 5.54. The highest BCUT2D eigenvalue weighted by atomic mass is 16.4. The topological polar surface area (TPSA) is 83.6 Å². The predicted octanol–water partition coefficient (Wildman–Crippen LogP) is 1.43. The quantitative estimate of drug-likeness (QED) is 0.824. The first-order chi connectivity index (χ1) is 9.25. The van der Waals surface area contributed by atoms with Crippen molar-refractivity contribution in [2.45, 2.75) is 26.3 Å². The summed E-state index contributed by atoms with van der Waals surface area (Å²) in [5.74, 6) is -1.24. The predicted molar refractivity (Wildman–Crippen MR) is 77.0 cm³/mol. The highest BCUT2D eigenvalue weighted by Gasteiger charge is 2.35. The summed E-state index contributed by atoms with van der Waals surface area (Å²) in [6.07, 6.45) is 0. The first kappa shape index (κ1) is 16.2. The molecule has 0 spiro atoms. The Balaban J connectivity index is 3.01. The van der Waals surface area contributed by atoms with Gasteiger partial charge in [-0.2, -0.15) is 0 Å². The van der Waals surface area contributed by atoms with Crippen LogP contribution in [0.4, 0.5) is 0 Å². The first-order valence-electron chi connectivity index (χ1n) is 6.60. The van der Waals surface area contributed by atoms with Gasteiger partial charge < -0.3 is 15.7 Å². The standard InChI is InChI=1S/C15H22N2O3/c1-11(2)9-17(10-13(18)19)14(20)15(3,16)12-7-5-4-6-8-12/h4-8,11H,9-10,16H2,1-3H3,(H,18,19). The Kier molecular flexibility index (Phi) is 5.27. The van der Waals surface area contributed by atoms with E-state index in [1.807, 2.05) is 19.9 Å². The minimum absolute atomic E-state index is 0.171. The van der Waals surface area contributed by atoms with E-state index >= 15 is 0 Å². The Labute approximate surface area is 119 Å². The third kappa shape index (κ3) is 4.06. The molecule has 0 saturated heterocycles. The van der Waals surface area contributed by atoms with Crippen molar-refractivity contribution in [3.05, 3.63) is 35.9 Å². The van der Waals surface area contributed by atoms with Gasteiger partial charge in [-0.3, -0.25) is 9.59 Å². The molecule has 5 heteroatoms. The van der Waals surface area contributed by atoms with Gasteiger partial charge in [-0.05, 0) is 18.4 Å². The number of nitrogens with two attached hydrogens (primary N) is 1. The van der Waals surface area contributed by atoms with Crippen molar-refractivity contribution in [2.75, 3.05) is 13.1 Å². The van der Waals surface area contributed by atoms with Crippen molar-refractivity contribution < 1.29 is 14.7 Å². The lowest BCUT2D eigenvalue weighted by Gasteiger charge is -2.32. The lowest BCUT2D eigenvalue weighted by molar-refractivity contribution is -0.147. The summed E-state index contributed by atoms with van der Waals surface area (Å²) in [6.45, 7) is 5.50. The Bertz CT molecular complexity index is 469. The number of nitrogens with zero attached hydrogens (tertiary/aromatic N) is 1. The van der Waals surface area contributed by atoms with Gasteiger partial charge in [-0.15, -0.1) is 0 Å². The van der Waals surface area contributed by atoms with E-state index in [4.69, 9.17) is 10.8 Å². The summed E-state index contributed by atoms with van der Waals surface area (Å²) < 4.78 is 0. The molecule has 1 amide bonds. The number of rotatable bonds is 6. The first-order valence-corrected chi connectivity index (χ1v) is 6.60. The van der Waals surface area contributed by atoms with Crippen molar-refractivity contribution in [3.63, 3.8) is 0 Å². The summed E-state index contributed by atoms with van der Waals surface area (Å²) in [6, 6.07) is 8.99. The maximum atomic E-state index is 12.6. The Morgan fingerprint density at radius 2 is 1.85 bits per heavy atom. The van der Waals surface area contributed by atoms with E-state index in [9.17, 15) is 9.59 Å². The van der Waals surface area contributed by atoms with Crippen molar-refractivity contribution in [1.82, 2.24) is 4.90 Å². The second-order valence-corrected chi connectivity index (χ2v) is 5.54. The van der Waals surface area contributed by atoms with Gasteiger partial charge >= 0.3 is 5.97 Å². The van der Waals surface area contributed by atoms with Crippen LogP contribution in [0.25, 0.3) is 0 Å². The summed E-state index contributed by atoms with van der Waals surface area (Å²) in [7, 11) is 0. The van der Waals surface area contributed by atoms with Crippen LogP contribution < -0.4 is 5.73 Å². The SMILES string of the molecule is CC(C)CN(CC(=O)O)C(=O)C(C)(N)c1ccccc1. The summed E-state index contributed by atoms with van der Waals surface area (Å²) in [5.41, 5.74) is 5.59. The highest BCUT2D eigenvalue weighted by molar-refractivity contribution is 5.89. The molecular weight excluding hydrogens is 256 g/mol. The Morgan fingerprint density at radius 3 is 2.30 bits per heavy atom. The van der Waals surface area contributed by atoms with Gasteiger partial charge in [0.25, 0.3) is 0 Å². The fourth-order valence-electron chi connectivity index (χ4n) is 2.06. The molecule has 0 aliphatic heterocycles. The fraction of sp³-hybridized carbons (Fsp3) is 0.467.